The standard InChI is InChI=1S/C11H16BrN3O2/c1-3-7(4-2)10(16)14-15-11(17)9-5-8(12)6-13-9/h5-7,13H,3-4H2,1-2H3,(H,14,16)(H,15,17). The first-order valence-electron chi connectivity index (χ1n) is 5.52. The fourth-order valence-electron chi connectivity index (χ4n) is 1.45. The van der Waals surface area contributed by atoms with Crippen molar-refractivity contribution in [2.75, 3.05) is 0 Å². The van der Waals surface area contributed by atoms with E-state index in [1.807, 2.05) is 13.8 Å². The SMILES string of the molecule is CCC(CC)C(=O)NNC(=O)c1cc(Br)c[nH]1. The molecule has 1 aromatic rings. The molecule has 0 saturated heterocycles. The molecule has 1 heterocycles. The molecule has 94 valence electrons. The van der Waals surface area contributed by atoms with Crippen molar-refractivity contribution < 1.29 is 9.59 Å². The molecule has 0 fully saturated rings. The third-order valence-corrected chi connectivity index (χ3v) is 3.01. The van der Waals surface area contributed by atoms with Gasteiger partial charge in [0, 0.05) is 16.6 Å². The van der Waals surface area contributed by atoms with Gasteiger partial charge in [-0.1, -0.05) is 13.8 Å². The molecular formula is C11H16BrN3O2. The number of carbonyl (C=O) groups excluding carboxylic acids is 2. The smallest absolute Gasteiger partial charge is 0.286 e. The maximum Gasteiger partial charge on any atom is 0.286 e. The molecule has 0 spiro atoms. The lowest BCUT2D eigenvalue weighted by molar-refractivity contribution is -0.125. The van der Waals surface area contributed by atoms with Gasteiger partial charge in [0.2, 0.25) is 5.91 Å². The Hall–Kier alpha value is -1.30. The van der Waals surface area contributed by atoms with Gasteiger partial charge in [0.15, 0.2) is 0 Å². The van der Waals surface area contributed by atoms with E-state index < -0.39 is 0 Å². The highest BCUT2D eigenvalue weighted by Crippen LogP contribution is 2.10. The van der Waals surface area contributed by atoms with Crippen molar-refractivity contribution in [3.63, 3.8) is 0 Å². The highest BCUT2D eigenvalue weighted by molar-refractivity contribution is 9.10. The van der Waals surface area contributed by atoms with Gasteiger partial charge in [-0.15, -0.1) is 0 Å². The van der Waals surface area contributed by atoms with E-state index in [1.165, 1.54) is 0 Å². The summed E-state index contributed by atoms with van der Waals surface area (Å²) in [5.41, 5.74) is 5.18. The molecule has 0 aliphatic rings. The molecule has 5 nitrogen and oxygen atoms in total. The number of halogens is 1. The van der Waals surface area contributed by atoms with Gasteiger partial charge in [-0.2, -0.15) is 0 Å². The fraction of sp³-hybridized carbons (Fsp3) is 0.455. The zero-order valence-corrected chi connectivity index (χ0v) is 11.4. The Labute approximate surface area is 108 Å². The number of aromatic nitrogens is 1. The minimum Gasteiger partial charge on any atom is -0.356 e. The Morgan fingerprint density at radius 2 is 2.00 bits per heavy atom. The molecule has 2 amide bonds. The van der Waals surface area contributed by atoms with Crippen LogP contribution in [0.25, 0.3) is 0 Å². The molecule has 0 aromatic carbocycles. The lowest BCUT2D eigenvalue weighted by Crippen LogP contribution is -2.44. The first kappa shape index (κ1) is 13.8. The number of H-pyrrole nitrogens is 1. The van der Waals surface area contributed by atoms with Crippen molar-refractivity contribution >= 4 is 27.7 Å². The molecule has 0 saturated carbocycles. The number of amides is 2. The largest absolute Gasteiger partial charge is 0.356 e. The van der Waals surface area contributed by atoms with E-state index >= 15 is 0 Å². The summed E-state index contributed by atoms with van der Waals surface area (Å²) in [5, 5.41) is 0. The molecule has 1 aromatic heterocycles. The summed E-state index contributed by atoms with van der Waals surface area (Å²) >= 11 is 3.23. The quantitative estimate of drug-likeness (QED) is 0.744. The van der Waals surface area contributed by atoms with Gasteiger partial charge in [0.05, 0.1) is 0 Å². The van der Waals surface area contributed by atoms with Gasteiger partial charge in [-0.05, 0) is 34.8 Å². The van der Waals surface area contributed by atoms with E-state index in [1.54, 1.807) is 12.3 Å². The molecule has 6 heteroatoms. The van der Waals surface area contributed by atoms with Crippen molar-refractivity contribution in [3.05, 3.63) is 22.4 Å². The molecule has 0 aliphatic heterocycles. The number of hydrazine groups is 1. The zero-order chi connectivity index (χ0) is 12.8. The average Bonchev–Trinajstić information content (AvgIpc) is 2.74. The Kier molecular flexibility index (Phi) is 5.21. The number of hydrogen-bond donors (Lipinski definition) is 3. The van der Waals surface area contributed by atoms with Gasteiger partial charge >= 0.3 is 0 Å². The van der Waals surface area contributed by atoms with E-state index in [4.69, 9.17) is 0 Å². The van der Waals surface area contributed by atoms with Crippen molar-refractivity contribution in [1.82, 2.24) is 15.8 Å². The van der Waals surface area contributed by atoms with Crippen LogP contribution >= 0.6 is 15.9 Å². The average molecular weight is 302 g/mol. The summed E-state index contributed by atoms with van der Waals surface area (Å²) in [6.45, 7) is 3.88. The maximum absolute atomic E-state index is 11.6. The lowest BCUT2D eigenvalue weighted by Gasteiger charge is -2.12. The van der Waals surface area contributed by atoms with Crippen LogP contribution in [0.3, 0.4) is 0 Å². The summed E-state index contributed by atoms with van der Waals surface area (Å²) < 4.78 is 0.786. The molecule has 0 bridgehead atoms. The van der Waals surface area contributed by atoms with Crippen LogP contribution in [-0.4, -0.2) is 16.8 Å². The van der Waals surface area contributed by atoms with Crippen molar-refractivity contribution in [3.8, 4) is 0 Å². The van der Waals surface area contributed by atoms with Crippen LogP contribution in [0.1, 0.15) is 37.2 Å². The Bertz CT molecular complexity index is 399. The van der Waals surface area contributed by atoms with E-state index in [9.17, 15) is 9.59 Å². The van der Waals surface area contributed by atoms with Crippen molar-refractivity contribution in [1.29, 1.82) is 0 Å². The first-order chi connectivity index (χ1) is 8.08. The number of rotatable bonds is 4. The van der Waals surface area contributed by atoms with Crippen LogP contribution in [-0.2, 0) is 4.79 Å². The van der Waals surface area contributed by atoms with Gasteiger partial charge in [0.25, 0.3) is 5.91 Å². The number of nitrogens with one attached hydrogen (secondary N) is 3. The predicted molar refractivity (Wildman–Crippen MR) is 68.2 cm³/mol. The van der Waals surface area contributed by atoms with Gasteiger partial charge < -0.3 is 4.98 Å². The van der Waals surface area contributed by atoms with Gasteiger partial charge in [-0.3, -0.25) is 20.4 Å². The van der Waals surface area contributed by atoms with E-state index in [-0.39, 0.29) is 17.7 Å². The molecule has 0 atom stereocenters. The monoisotopic (exact) mass is 301 g/mol. The molecular weight excluding hydrogens is 286 g/mol. The van der Waals surface area contributed by atoms with E-state index in [0.29, 0.717) is 5.69 Å². The molecule has 3 N–H and O–H groups in total. The fourth-order valence-corrected chi connectivity index (χ4v) is 1.79. The highest BCUT2D eigenvalue weighted by Gasteiger charge is 2.15. The summed E-state index contributed by atoms with van der Waals surface area (Å²) in [7, 11) is 0. The number of aromatic amines is 1. The summed E-state index contributed by atoms with van der Waals surface area (Å²) in [6, 6.07) is 1.64. The second-order valence-corrected chi connectivity index (χ2v) is 4.60. The van der Waals surface area contributed by atoms with Crippen LogP contribution in [0, 0.1) is 5.92 Å². The molecule has 1 rings (SSSR count). The Morgan fingerprint density at radius 3 is 2.47 bits per heavy atom. The topological polar surface area (TPSA) is 74.0 Å². The van der Waals surface area contributed by atoms with Crippen LogP contribution in [0.2, 0.25) is 0 Å². The molecule has 0 unspecified atom stereocenters. The first-order valence-corrected chi connectivity index (χ1v) is 6.31. The molecule has 0 aliphatic carbocycles. The predicted octanol–water partition coefficient (Wildman–Crippen LogP) is 1.97. The lowest BCUT2D eigenvalue weighted by atomic mass is 10.0. The summed E-state index contributed by atoms with van der Waals surface area (Å²) in [5.74, 6) is -0.588. The van der Waals surface area contributed by atoms with Crippen molar-refractivity contribution in [2.24, 2.45) is 5.92 Å². The second kappa shape index (κ2) is 6.44. The highest BCUT2D eigenvalue weighted by atomic mass is 79.9. The molecule has 0 radical (unpaired) electrons. The van der Waals surface area contributed by atoms with Gasteiger partial charge in [-0.25, -0.2) is 0 Å². The Balaban J connectivity index is 2.46. The van der Waals surface area contributed by atoms with Crippen LogP contribution in [0.4, 0.5) is 0 Å². The minimum atomic E-state index is -0.366. The number of carbonyl (C=O) groups is 2. The second-order valence-electron chi connectivity index (χ2n) is 3.69. The van der Waals surface area contributed by atoms with Crippen LogP contribution in [0.15, 0.2) is 16.7 Å². The van der Waals surface area contributed by atoms with Crippen LogP contribution < -0.4 is 10.9 Å². The normalized spacial score (nSPS) is 10.4. The summed E-state index contributed by atoms with van der Waals surface area (Å²) in [4.78, 5) is 26.0. The van der Waals surface area contributed by atoms with Crippen LogP contribution in [0.5, 0.6) is 0 Å². The summed E-state index contributed by atoms with van der Waals surface area (Å²) in [6.07, 6.45) is 3.16. The zero-order valence-electron chi connectivity index (χ0n) is 9.84. The van der Waals surface area contributed by atoms with E-state index in [2.05, 4.69) is 31.8 Å². The van der Waals surface area contributed by atoms with E-state index in [0.717, 1.165) is 17.3 Å². The Morgan fingerprint density at radius 1 is 1.35 bits per heavy atom. The third kappa shape index (κ3) is 3.89. The minimum absolute atomic E-state index is 0.0642. The number of hydrogen-bond acceptors (Lipinski definition) is 2. The maximum atomic E-state index is 11.6. The third-order valence-electron chi connectivity index (χ3n) is 2.55. The molecule has 17 heavy (non-hydrogen) atoms. The van der Waals surface area contributed by atoms with Gasteiger partial charge in [0.1, 0.15) is 5.69 Å². The van der Waals surface area contributed by atoms with Crippen molar-refractivity contribution in [2.45, 2.75) is 26.7 Å².